The summed E-state index contributed by atoms with van der Waals surface area (Å²) in [5.74, 6) is 0.256. The second-order valence-electron chi connectivity index (χ2n) is 7.81. The Bertz CT molecular complexity index is 914. The minimum atomic E-state index is -3.45. The summed E-state index contributed by atoms with van der Waals surface area (Å²) < 4.78 is 27.1. The molecular weight excluding hydrogens is 384 g/mol. The largest absolute Gasteiger partial charge is 0.352 e. The van der Waals surface area contributed by atoms with Crippen molar-refractivity contribution >= 4 is 15.9 Å². The second kappa shape index (κ2) is 9.55. The van der Waals surface area contributed by atoms with E-state index in [0.717, 1.165) is 17.5 Å². The molecule has 5 nitrogen and oxygen atoms in total. The zero-order valence-corrected chi connectivity index (χ0v) is 18.0. The summed E-state index contributed by atoms with van der Waals surface area (Å²) >= 11 is 0. The summed E-state index contributed by atoms with van der Waals surface area (Å²) in [4.78, 5) is 12.6. The Hall–Kier alpha value is -2.18. The number of nitrogens with one attached hydrogen (secondary N) is 1. The molecule has 1 N–H and O–H groups in total. The molecule has 6 heteroatoms. The molecule has 0 saturated carbocycles. The van der Waals surface area contributed by atoms with Gasteiger partial charge in [-0.15, -0.1) is 0 Å². The molecule has 0 aromatic heterocycles. The summed E-state index contributed by atoms with van der Waals surface area (Å²) in [5.41, 5.74) is 3.41. The normalized spacial score (nSPS) is 15.9. The van der Waals surface area contributed by atoms with E-state index in [2.05, 4.69) is 24.4 Å². The van der Waals surface area contributed by atoms with Crippen LogP contribution in [0.1, 0.15) is 42.9 Å². The van der Waals surface area contributed by atoms with Gasteiger partial charge in [0, 0.05) is 26.1 Å². The van der Waals surface area contributed by atoms with Crippen molar-refractivity contribution in [1.29, 1.82) is 0 Å². The molecule has 0 unspecified atom stereocenters. The minimum Gasteiger partial charge on any atom is -0.352 e. The lowest BCUT2D eigenvalue weighted by molar-refractivity contribution is -0.122. The van der Waals surface area contributed by atoms with Crippen LogP contribution in [-0.2, 0) is 27.8 Å². The SMILES string of the molecule is CCc1ccc(CNC(=O)CC2CCN(S(=O)(=O)c3ccc(C)cc3)CC2)cc1. The predicted octanol–water partition coefficient (Wildman–Crippen LogP) is 3.66. The van der Waals surface area contributed by atoms with Crippen molar-refractivity contribution in [3.8, 4) is 0 Å². The van der Waals surface area contributed by atoms with Gasteiger partial charge in [-0.05, 0) is 55.4 Å². The van der Waals surface area contributed by atoms with E-state index in [-0.39, 0.29) is 11.8 Å². The van der Waals surface area contributed by atoms with Crippen LogP contribution < -0.4 is 5.32 Å². The number of benzene rings is 2. The van der Waals surface area contributed by atoms with Gasteiger partial charge in [-0.2, -0.15) is 4.31 Å². The second-order valence-corrected chi connectivity index (χ2v) is 9.75. The summed E-state index contributed by atoms with van der Waals surface area (Å²) in [6.45, 7) is 5.52. The third-order valence-corrected chi connectivity index (χ3v) is 7.54. The van der Waals surface area contributed by atoms with E-state index in [0.29, 0.717) is 43.8 Å². The molecule has 1 aliphatic heterocycles. The molecule has 156 valence electrons. The van der Waals surface area contributed by atoms with E-state index in [9.17, 15) is 13.2 Å². The number of sulfonamides is 1. The number of hydrogen-bond acceptors (Lipinski definition) is 3. The van der Waals surface area contributed by atoms with Crippen LogP contribution in [0.25, 0.3) is 0 Å². The Morgan fingerprint density at radius 3 is 2.17 bits per heavy atom. The van der Waals surface area contributed by atoms with Crippen LogP contribution in [0.4, 0.5) is 0 Å². The van der Waals surface area contributed by atoms with Gasteiger partial charge in [-0.3, -0.25) is 4.79 Å². The van der Waals surface area contributed by atoms with Crippen LogP contribution in [0.5, 0.6) is 0 Å². The number of carbonyl (C=O) groups excluding carboxylic acids is 1. The molecule has 0 bridgehead atoms. The van der Waals surface area contributed by atoms with E-state index in [1.807, 2.05) is 31.2 Å². The first-order chi connectivity index (χ1) is 13.9. The van der Waals surface area contributed by atoms with Crippen molar-refractivity contribution in [3.05, 3.63) is 65.2 Å². The lowest BCUT2D eigenvalue weighted by Gasteiger charge is -2.31. The lowest BCUT2D eigenvalue weighted by atomic mass is 9.94. The van der Waals surface area contributed by atoms with Crippen molar-refractivity contribution in [2.24, 2.45) is 5.92 Å². The molecule has 0 atom stereocenters. The van der Waals surface area contributed by atoms with Crippen molar-refractivity contribution in [1.82, 2.24) is 9.62 Å². The number of piperidine rings is 1. The highest BCUT2D eigenvalue weighted by molar-refractivity contribution is 7.89. The lowest BCUT2D eigenvalue weighted by Crippen LogP contribution is -2.39. The molecule has 1 saturated heterocycles. The van der Waals surface area contributed by atoms with Gasteiger partial charge in [0.05, 0.1) is 4.90 Å². The Morgan fingerprint density at radius 2 is 1.59 bits per heavy atom. The van der Waals surface area contributed by atoms with Crippen LogP contribution in [0.2, 0.25) is 0 Å². The number of nitrogens with zero attached hydrogens (tertiary/aromatic N) is 1. The standard InChI is InChI=1S/C23H30N2O3S/c1-3-19-6-8-21(9-7-19)17-24-23(26)16-20-12-14-25(15-13-20)29(27,28)22-10-4-18(2)5-11-22/h4-11,20H,3,12-17H2,1-2H3,(H,24,26). The number of amides is 1. The molecule has 1 fully saturated rings. The fourth-order valence-electron chi connectivity index (χ4n) is 3.64. The zero-order valence-electron chi connectivity index (χ0n) is 17.2. The molecular formula is C23H30N2O3S. The molecule has 3 rings (SSSR count). The molecule has 1 heterocycles. The van der Waals surface area contributed by atoms with Gasteiger partial charge in [0.15, 0.2) is 0 Å². The van der Waals surface area contributed by atoms with Gasteiger partial charge in [0.2, 0.25) is 15.9 Å². The van der Waals surface area contributed by atoms with Gasteiger partial charge in [0.1, 0.15) is 0 Å². The third kappa shape index (κ3) is 5.67. The number of aryl methyl sites for hydroxylation is 2. The monoisotopic (exact) mass is 414 g/mol. The van der Waals surface area contributed by atoms with Gasteiger partial charge in [0.25, 0.3) is 0 Å². The van der Waals surface area contributed by atoms with Crippen LogP contribution >= 0.6 is 0 Å². The zero-order chi connectivity index (χ0) is 20.9. The highest BCUT2D eigenvalue weighted by atomic mass is 32.2. The Kier molecular flexibility index (Phi) is 7.09. The maximum Gasteiger partial charge on any atom is 0.243 e. The van der Waals surface area contributed by atoms with E-state index in [1.54, 1.807) is 16.4 Å². The van der Waals surface area contributed by atoms with Gasteiger partial charge < -0.3 is 5.32 Å². The van der Waals surface area contributed by atoms with E-state index < -0.39 is 10.0 Å². The van der Waals surface area contributed by atoms with Crippen LogP contribution in [0.3, 0.4) is 0 Å². The number of carbonyl (C=O) groups is 1. The van der Waals surface area contributed by atoms with Gasteiger partial charge in [-0.25, -0.2) is 8.42 Å². The fourth-order valence-corrected chi connectivity index (χ4v) is 5.11. The maximum atomic E-state index is 12.8. The molecule has 1 amide bonds. The summed E-state index contributed by atoms with van der Waals surface area (Å²) in [6.07, 6.45) is 2.88. The summed E-state index contributed by atoms with van der Waals surface area (Å²) in [6, 6.07) is 15.2. The van der Waals surface area contributed by atoms with E-state index in [1.165, 1.54) is 5.56 Å². The van der Waals surface area contributed by atoms with E-state index in [4.69, 9.17) is 0 Å². The molecule has 0 radical (unpaired) electrons. The van der Waals surface area contributed by atoms with Crippen molar-refractivity contribution in [2.45, 2.75) is 51.0 Å². The molecule has 0 aliphatic carbocycles. The maximum absolute atomic E-state index is 12.8. The summed E-state index contributed by atoms with van der Waals surface area (Å²) in [7, 11) is -3.45. The van der Waals surface area contributed by atoms with Crippen LogP contribution in [-0.4, -0.2) is 31.7 Å². The predicted molar refractivity (Wildman–Crippen MR) is 115 cm³/mol. The molecule has 29 heavy (non-hydrogen) atoms. The molecule has 2 aromatic rings. The van der Waals surface area contributed by atoms with Crippen molar-refractivity contribution in [3.63, 3.8) is 0 Å². The van der Waals surface area contributed by atoms with Gasteiger partial charge >= 0.3 is 0 Å². The average molecular weight is 415 g/mol. The van der Waals surface area contributed by atoms with E-state index >= 15 is 0 Å². The molecule has 2 aromatic carbocycles. The highest BCUT2D eigenvalue weighted by Crippen LogP contribution is 2.25. The number of hydrogen-bond donors (Lipinski definition) is 1. The minimum absolute atomic E-state index is 0.0319. The summed E-state index contributed by atoms with van der Waals surface area (Å²) in [5, 5.41) is 2.99. The first kappa shape index (κ1) is 21.5. The van der Waals surface area contributed by atoms with Crippen LogP contribution in [0, 0.1) is 12.8 Å². The Morgan fingerprint density at radius 1 is 1.00 bits per heavy atom. The Labute approximate surface area is 174 Å². The average Bonchev–Trinajstić information content (AvgIpc) is 2.73. The first-order valence-electron chi connectivity index (χ1n) is 10.3. The topological polar surface area (TPSA) is 66.5 Å². The van der Waals surface area contributed by atoms with Crippen molar-refractivity contribution in [2.75, 3.05) is 13.1 Å². The fraction of sp³-hybridized carbons (Fsp3) is 0.435. The Balaban J connectivity index is 1.46. The highest BCUT2D eigenvalue weighted by Gasteiger charge is 2.30. The smallest absolute Gasteiger partial charge is 0.243 e. The third-order valence-electron chi connectivity index (χ3n) is 5.63. The first-order valence-corrected chi connectivity index (χ1v) is 11.7. The number of rotatable bonds is 7. The van der Waals surface area contributed by atoms with Gasteiger partial charge in [-0.1, -0.05) is 48.9 Å². The van der Waals surface area contributed by atoms with Crippen molar-refractivity contribution < 1.29 is 13.2 Å². The quantitative estimate of drug-likeness (QED) is 0.752. The molecule has 0 spiro atoms. The molecule has 1 aliphatic rings. The van der Waals surface area contributed by atoms with Crippen LogP contribution in [0.15, 0.2) is 53.4 Å².